The van der Waals surface area contributed by atoms with E-state index in [1.54, 1.807) is 52.8 Å². The van der Waals surface area contributed by atoms with Crippen molar-refractivity contribution in [2.45, 2.75) is 64.8 Å². The summed E-state index contributed by atoms with van der Waals surface area (Å²) in [5.41, 5.74) is 8.27. The van der Waals surface area contributed by atoms with Crippen molar-refractivity contribution in [2.75, 3.05) is 19.7 Å². The molecule has 0 bridgehead atoms. The summed E-state index contributed by atoms with van der Waals surface area (Å²) in [6, 6.07) is 8.87. The lowest BCUT2D eigenvalue weighted by Crippen LogP contribution is -2.49. The van der Waals surface area contributed by atoms with Gasteiger partial charge in [0.05, 0.1) is 30.9 Å². The van der Waals surface area contributed by atoms with Crippen LogP contribution < -0.4 is 11.2 Å². The number of hydrogen-bond donors (Lipinski definition) is 2. The topological polar surface area (TPSA) is 98.4 Å². The Morgan fingerprint density at radius 2 is 1.87 bits per heavy atom. The minimum atomic E-state index is -4.50. The van der Waals surface area contributed by atoms with Gasteiger partial charge in [0, 0.05) is 6.54 Å². The van der Waals surface area contributed by atoms with Crippen LogP contribution in [0.4, 0.5) is 22.4 Å². The largest absolute Gasteiger partial charge is 0.443 e. The summed E-state index contributed by atoms with van der Waals surface area (Å²) < 4.78 is 71.1. The van der Waals surface area contributed by atoms with Gasteiger partial charge in [0.2, 0.25) is 0 Å². The number of amides is 1. The molecule has 0 aromatic heterocycles. The van der Waals surface area contributed by atoms with Crippen molar-refractivity contribution in [2.24, 2.45) is 10.8 Å². The van der Waals surface area contributed by atoms with E-state index in [1.807, 2.05) is 4.90 Å². The standard InChI is InChI=1S/C27H34F4N4O4/c1-16-12-19(14-20(13-16)27(29,30)31)17(2)38-24-23(18-6-8-21(28)9-7-18)35(10-11-37-24)15-22(32)33-34-25(36)39-26(3,4)5/h6-9,12-14,17,23-24H,10-11,15H2,1-5H3,(H2,32,33)(H,34,36)/t17-,23+,24-/m1/s1. The first-order valence-corrected chi connectivity index (χ1v) is 12.4. The molecule has 0 aliphatic carbocycles. The summed E-state index contributed by atoms with van der Waals surface area (Å²) in [7, 11) is 0. The van der Waals surface area contributed by atoms with Crippen molar-refractivity contribution >= 4 is 11.9 Å². The minimum Gasteiger partial charge on any atom is -0.443 e. The highest BCUT2D eigenvalue weighted by Crippen LogP contribution is 2.36. The number of alkyl halides is 3. The van der Waals surface area contributed by atoms with Gasteiger partial charge in [0.15, 0.2) is 6.29 Å². The van der Waals surface area contributed by atoms with Crippen LogP contribution in [0, 0.1) is 12.7 Å². The number of benzene rings is 2. The summed E-state index contributed by atoms with van der Waals surface area (Å²) in [5.74, 6) is -0.370. The van der Waals surface area contributed by atoms with Gasteiger partial charge in [-0.2, -0.15) is 18.3 Å². The third-order valence-electron chi connectivity index (χ3n) is 5.81. The van der Waals surface area contributed by atoms with E-state index in [2.05, 4.69) is 10.5 Å². The molecule has 1 aliphatic rings. The predicted molar refractivity (Wildman–Crippen MR) is 137 cm³/mol. The third kappa shape index (κ3) is 8.91. The molecule has 0 saturated carbocycles. The second kappa shape index (κ2) is 12.3. The number of carbonyl (C=O) groups excluding carboxylic acids is 1. The molecule has 3 rings (SSSR count). The average molecular weight is 555 g/mol. The van der Waals surface area contributed by atoms with E-state index in [-0.39, 0.29) is 19.0 Å². The lowest BCUT2D eigenvalue weighted by molar-refractivity contribution is -0.227. The zero-order valence-corrected chi connectivity index (χ0v) is 22.5. The van der Waals surface area contributed by atoms with Crippen molar-refractivity contribution in [3.05, 3.63) is 70.5 Å². The highest BCUT2D eigenvalue weighted by Gasteiger charge is 2.37. The van der Waals surface area contributed by atoms with E-state index in [0.717, 1.165) is 12.1 Å². The third-order valence-corrected chi connectivity index (χ3v) is 5.81. The number of hydrazone groups is 1. The monoisotopic (exact) mass is 554 g/mol. The van der Waals surface area contributed by atoms with Crippen LogP contribution in [0.5, 0.6) is 0 Å². The molecule has 0 spiro atoms. The summed E-state index contributed by atoms with van der Waals surface area (Å²) in [4.78, 5) is 13.8. The fraction of sp³-hybridized carbons (Fsp3) is 0.481. The number of carbonyl (C=O) groups is 1. The number of nitrogens with one attached hydrogen (secondary N) is 1. The number of ether oxygens (including phenoxy) is 3. The van der Waals surface area contributed by atoms with Gasteiger partial charge >= 0.3 is 12.3 Å². The molecule has 1 aliphatic heterocycles. The Bertz CT molecular complexity index is 1170. The maximum Gasteiger partial charge on any atom is 0.428 e. The predicted octanol–water partition coefficient (Wildman–Crippen LogP) is 5.43. The van der Waals surface area contributed by atoms with Crippen LogP contribution in [-0.4, -0.2) is 48.4 Å². The van der Waals surface area contributed by atoms with E-state index in [4.69, 9.17) is 19.9 Å². The van der Waals surface area contributed by atoms with E-state index < -0.39 is 47.7 Å². The van der Waals surface area contributed by atoms with Crippen LogP contribution in [0.25, 0.3) is 0 Å². The smallest absolute Gasteiger partial charge is 0.428 e. The summed E-state index contributed by atoms with van der Waals surface area (Å²) in [5, 5.41) is 3.90. The average Bonchev–Trinajstić information content (AvgIpc) is 2.82. The zero-order valence-electron chi connectivity index (χ0n) is 22.5. The molecule has 3 N–H and O–H groups in total. The van der Waals surface area contributed by atoms with Crippen LogP contribution >= 0.6 is 0 Å². The number of halogens is 4. The molecular weight excluding hydrogens is 520 g/mol. The van der Waals surface area contributed by atoms with Gasteiger partial charge in [-0.15, -0.1) is 0 Å². The molecule has 12 heteroatoms. The quantitative estimate of drug-likeness (QED) is 0.205. The van der Waals surface area contributed by atoms with E-state index >= 15 is 0 Å². The molecular formula is C27H34F4N4O4. The molecule has 0 radical (unpaired) electrons. The molecule has 1 heterocycles. The Balaban J connectivity index is 1.83. The second-order valence-corrected chi connectivity index (χ2v) is 10.3. The van der Waals surface area contributed by atoms with Crippen molar-refractivity contribution in [1.82, 2.24) is 10.3 Å². The van der Waals surface area contributed by atoms with Gasteiger partial charge in [0.1, 0.15) is 17.3 Å². The Labute approximate surface area is 225 Å². The fourth-order valence-electron chi connectivity index (χ4n) is 4.16. The Hall–Kier alpha value is -3.22. The number of amidine groups is 1. The molecule has 39 heavy (non-hydrogen) atoms. The molecule has 2 aromatic rings. The van der Waals surface area contributed by atoms with Gasteiger partial charge in [-0.1, -0.05) is 23.8 Å². The van der Waals surface area contributed by atoms with Gasteiger partial charge in [0.25, 0.3) is 0 Å². The minimum absolute atomic E-state index is 0.0650. The van der Waals surface area contributed by atoms with Gasteiger partial charge in [-0.05, 0) is 70.0 Å². The number of morpholine rings is 1. The number of rotatable bonds is 7. The first-order chi connectivity index (χ1) is 18.1. The Kier molecular flexibility index (Phi) is 9.57. The van der Waals surface area contributed by atoms with Crippen LogP contribution in [0.2, 0.25) is 0 Å². The molecule has 1 saturated heterocycles. The fourth-order valence-corrected chi connectivity index (χ4v) is 4.16. The number of nitrogens with zero attached hydrogens (tertiary/aromatic N) is 2. The number of hydrogen-bond acceptors (Lipinski definition) is 6. The highest BCUT2D eigenvalue weighted by atomic mass is 19.4. The summed E-state index contributed by atoms with van der Waals surface area (Å²) in [6.07, 6.45) is -6.97. The molecule has 214 valence electrons. The first-order valence-electron chi connectivity index (χ1n) is 12.4. The van der Waals surface area contributed by atoms with Gasteiger partial charge < -0.3 is 19.9 Å². The van der Waals surface area contributed by atoms with Crippen LogP contribution in [0.1, 0.15) is 62.1 Å². The summed E-state index contributed by atoms with van der Waals surface area (Å²) in [6.45, 7) is 9.05. The molecule has 1 amide bonds. The van der Waals surface area contributed by atoms with Crippen LogP contribution in [-0.2, 0) is 20.4 Å². The molecule has 0 unspecified atom stereocenters. The van der Waals surface area contributed by atoms with E-state index in [0.29, 0.717) is 23.2 Å². The van der Waals surface area contributed by atoms with Crippen LogP contribution in [0.15, 0.2) is 47.6 Å². The van der Waals surface area contributed by atoms with Crippen molar-refractivity contribution in [3.63, 3.8) is 0 Å². The SMILES string of the molecule is Cc1cc([C@@H](C)O[C@H]2OCCN(C/C(N)=N/NC(=O)OC(C)(C)C)[C@H]2c2ccc(F)cc2)cc(C(F)(F)F)c1. The number of nitrogens with two attached hydrogens (primary N) is 1. The molecule has 3 atom stereocenters. The van der Waals surface area contributed by atoms with E-state index in [1.165, 1.54) is 12.1 Å². The van der Waals surface area contributed by atoms with Crippen LogP contribution in [0.3, 0.4) is 0 Å². The second-order valence-electron chi connectivity index (χ2n) is 10.3. The normalized spacial score (nSPS) is 20.0. The Morgan fingerprint density at radius 1 is 1.21 bits per heavy atom. The zero-order chi connectivity index (χ0) is 29.0. The van der Waals surface area contributed by atoms with Crippen molar-refractivity contribution in [1.29, 1.82) is 0 Å². The van der Waals surface area contributed by atoms with E-state index in [9.17, 15) is 22.4 Å². The van der Waals surface area contributed by atoms with Gasteiger partial charge in [-0.3, -0.25) is 4.90 Å². The van der Waals surface area contributed by atoms with Crippen molar-refractivity contribution < 1.29 is 36.6 Å². The highest BCUT2D eigenvalue weighted by molar-refractivity contribution is 5.83. The van der Waals surface area contributed by atoms with Crippen molar-refractivity contribution in [3.8, 4) is 0 Å². The Morgan fingerprint density at radius 3 is 2.49 bits per heavy atom. The lowest BCUT2D eigenvalue weighted by Gasteiger charge is -2.41. The maximum absolute atomic E-state index is 13.7. The number of aryl methyl sites for hydroxylation is 1. The molecule has 1 fully saturated rings. The van der Waals surface area contributed by atoms with Gasteiger partial charge in [-0.25, -0.2) is 14.6 Å². The maximum atomic E-state index is 13.7. The molecule has 8 nitrogen and oxygen atoms in total. The summed E-state index contributed by atoms with van der Waals surface area (Å²) >= 11 is 0. The lowest BCUT2D eigenvalue weighted by atomic mass is 10.0. The molecule has 2 aromatic carbocycles. The first kappa shape index (κ1) is 30.3.